The highest BCUT2D eigenvalue weighted by Gasteiger charge is 2.21. The second-order valence-corrected chi connectivity index (χ2v) is 7.36. The van der Waals surface area contributed by atoms with Gasteiger partial charge in [-0.25, -0.2) is 0 Å². The molecule has 0 saturated carbocycles. The molecule has 1 atom stereocenters. The molecular weight excluding hydrogens is 352 g/mol. The number of rotatable bonds is 5. The predicted molar refractivity (Wildman–Crippen MR) is 103 cm³/mol. The van der Waals surface area contributed by atoms with Crippen LogP contribution in [0.15, 0.2) is 35.7 Å². The standard InChI is InChI=1S/C18H20N4OS2/c1-11-6-7-14(12(2)9-11)10-19-17(23)13(3)22-16(20-21-18(22)24)15-5-4-8-25-15/h4-9,13H,10H2,1-3H3,(H,19,23)(H,21,24). The van der Waals surface area contributed by atoms with E-state index >= 15 is 0 Å². The quantitative estimate of drug-likeness (QED) is 0.661. The average Bonchev–Trinajstić information content (AvgIpc) is 3.22. The van der Waals surface area contributed by atoms with Crippen molar-refractivity contribution < 1.29 is 4.79 Å². The number of hydrogen-bond acceptors (Lipinski definition) is 4. The zero-order valence-corrected chi connectivity index (χ0v) is 16.0. The average molecular weight is 373 g/mol. The molecule has 0 saturated heterocycles. The van der Waals surface area contributed by atoms with E-state index in [4.69, 9.17) is 12.2 Å². The van der Waals surface area contributed by atoms with Crippen LogP contribution >= 0.6 is 23.6 Å². The van der Waals surface area contributed by atoms with E-state index in [1.807, 2.05) is 24.4 Å². The largest absolute Gasteiger partial charge is 0.350 e. The fourth-order valence-electron chi connectivity index (χ4n) is 2.74. The molecule has 0 spiro atoms. The molecule has 0 aliphatic heterocycles. The molecular formula is C18H20N4OS2. The van der Waals surface area contributed by atoms with Crippen LogP contribution < -0.4 is 5.32 Å². The Morgan fingerprint density at radius 2 is 2.20 bits per heavy atom. The third kappa shape index (κ3) is 3.72. The summed E-state index contributed by atoms with van der Waals surface area (Å²) in [6.45, 7) is 6.44. The molecule has 0 aliphatic rings. The molecule has 3 aromatic rings. The third-order valence-electron chi connectivity index (χ3n) is 4.16. The molecule has 130 valence electrons. The first-order valence-corrected chi connectivity index (χ1v) is 9.31. The second-order valence-electron chi connectivity index (χ2n) is 6.02. The maximum Gasteiger partial charge on any atom is 0.243 e. The number of aromatic amines is 1. The van der Waals surface area contributed by atoms with E-state index in [0.29, 0.717) is 17.1 Å². The highest BCUT2D eigenvalue weighted by atomic mass is 32.1. The monoisotopic (exact) mass is 372 g/mol. The van der Waals surface area contributed by atoms with Crippen molar-refractivity contribution in [3.05, 3.63) is 57.2 Å². The Bertz CT molecular complexity index is 940. The van der Waals surface area contributed by atoms with E-state index in [9.17, 15) is 4.79 Å². The number of nitrogens with one attached hydrogen (secondary N) is 2. The van der Waals surface area contributed by atoms with Gasteiger partial charge in [0.1, 0.15) is 6.04 Å². The van der Waals surface area contributed by atoms with E-state index in [1.54, 1.807) is 15.9 Å². The van der Waals surface area contributed by atoms with Crippen molar-refractivity contribution in [2.45, 2.75) is 33.4 Å². The number of H-pyrrole nitrogens is 1. The summed E-state index contributed by atoms with van der Waals surface area (Å²) in [5.41, 5.74) is 3.50. The summed E-state index contributed by atoms with van der Waals surface area (Å²) in [7, 11) is 0. The second kappa shape index (κ2) is 7.33. The molecule has 0 fully saturated rings. The molecule has 0 bridgehead atoms. The topological polar surface area (TPSA) is 62.7 Å². The molecule has 2 N–H and O–H groups in total. The maximum atomic E-state index is 12.7. The van der Waals surface area contributed by atoms with Crippen molar-refractivity contribution in [2.75, 3.05) is 0 Å². The zero-order chi connectivity index (χ0) is 18.0. The van der Waals surface area contributed by atoms with Gasteiger partial charge in [0.05, 0.1) is 4.88 Å². The van der Waals surface area contributed by atoms with Crippen molar-refractivity contribution in [2.24, 2.45) is 0 Å². The van der Waals surface area contributed by atoms with Gasteiger partial charge in [-0.1, -0.05) is 29.8 Å². The normalized spacial score (nSPS) is 12.1. The van der Waals surface area contributed by atoms with Crippen molar-refractivity contribution in [3.63, 3.8) is 0 Å². The van der Waals surface area contributed by atoms with Crippen LogP contribution in [0.5, 0.6) is 0 Å². The lowest BCUT2D eigenvalue weighted by Crippen LogP contribution is -2.31. The molecule has 25 heavy (non-hydrogen) atoms. The SMILES string of the molecule is Cc1ccc(CNC(=O)C(C)n2c(-c3cccs3)n[nH]c2=S)c(C)c1. The van der Waals surface area contributed by atoms with Gasteiger partial charge in [0.25, 0.3) is 0 Å². The van der Waals surface area contributed by atoms with E-state index < -0.39 is 6.04 Å². The van der Waals surface area contributed by atoms with Gasteiger partial charge in [-0.05, 0) is 55.6 Å². The van der Waals surface area contributed by atoms with Gasteiger partial charge in [0, 0.05) is 6.54 Å². The van der Waals surface area contributed by atoms with Crippen LogP contribution in [-0.2, 0) is 11.3 Å². The summed E-state index contributed by atoms with van der Waals surface area (Å²) in [5.74, 6) is 0.601. The highest BCUT2D eigenvalue weighted by Crippen LogP contribution is 2.25. The number of amides is 1. The van der Waals surface area contributed by atoms with Gasteiger partial charge in [-0.3, -0.25) is 14.5 Å². The van der Waals surface area contributed by atoms with Crippen molar-refractivity contribution in [1.82, 2.24) is 20.1 Å². The summed E-state index contributed by atoms with van der Waals surface area (Å²) in [6, 6.07) is 9.69. The highest BCUT2D eigenvalue weighted by molar-refractivity contribution is 7.71. The first-order chi connectivity index (χ1) is 12.0. The Kier molecular flexibility index (Phi) is 5.15. The predicted octanol–water partition coefficient (Wildman–Crippen LogP) is 4.16. The van der Waals surface area contributed by atoms with Crippen LogP contribution in [0.1, 0.15) is 29.7 Å². The molecule has 0 radical (unpaired) electrons. The van der Waals surface area contributed by atoms with Crippen LogP contribution in [0.2, 0.25) is 0 Å². The van der Waals surface area contributed by atoms with Crippen LogP contribution in [0.3, 0.4) is 0 Å². The number of hydrogen-bond donors (Lipinski definition) is 2. The lowest BCUT2D eigenvalue weighted by molar-refractivity contribution is -0.124. The van der Waals surface area contributed by atoms with Crippen LogP contribution in [0.4, 0.5) is 0 Å². The van der Waals surface area contributed by atoms with E-state index in [0.717, 1.165) is 10.4 Å². The minimum absolute atomic E-state index is 0.0877. The number of carbonyl (C=O) groups is 1. The number of nitrogens with zero attached hydrogens (tertiary/aromatic N) is 2. The maximum absolute atomic E-state index is 12.7. The lowest BCUT2D eigenvalue weighted by atomic mass is 10.1. The fraction of sp³-hybridized carbons (Fsp3) is 0.278. The Morgan fingerprint density at radius 3 is 2.88 bits per heavy atom. The Labute approximate surface area is 155 Å². The number of thiophene rings is 1. The zero-order valence-electron chi connectivity index (χ0n) is 14.4. The van der Waals surface area contributed by atoms with Gasteiger partial charge < -0.3 is 5.32 Å². The van der Waals surface area contributed by atoms with Gasteiger partial charge in [0.2, 0.25) is 5.91 Å². The van der Waals surface area contributed by atoms with Gasteiger partial charge >= 0.3 is 0 Å². The van der Waals surface area contributed by atoms with Crippen molar-refractivity contribution in [3.8, 4) is 10.7 Å². The molecule has 1 unspecified atom stereocenters. The molecule has 1 aromatic carbocycles. The number of carbonyl (C=O) groups excluding carboxylic acids is 1. The first-order valence-electron chi connectivity index (χ1n) is 8.02. The van der Waals surface area contributed by atoms with Crippen LogP contribution in [0.25, 0.3) is 10.7 Å². The van der Waals surface area contributed by atoms with Crippen LogP contribution in [0, 0.1) is 18.6 Å². The molecule has 0 aliphatic carbocycles. The van der Waals surface area contributed by atoms with Gasteiger partial charge in [-0.15, -0.1) is 11.3 Å². The van der Waals surface area contributed by atoms with Crippen molar-refractivity contribution in [1.29, 1.82) is 0 Å². The van der Waals surface area contributed by atoms with E-state index in [1.165, 1.54) is 11.1 Å². The van der Waals surface area contributed by atoms with E-state index in [2.05, 4.69) is 47.6 Å². The number of aryl methyl sites for hydroxylation is 2. The summed E-state index contributed by atoms with van der Waals surface area (Å²) >= 11 is 6.89. The summed E-state index contributed by atoms with van der Waals surface area (Å²) in [4.78, 5) is 13.6. The summed E-state index contributed by atoms with van der Waals surface area (Å²) < 4.78 is 2.20. The number of benzene rings is 1. The fourth-order valence-corrected chi connectivity index (χ4v) is 3.74. The Balaban J connectivity index is 1.77. The molecule has 1 amide bonds. The minimum Gasteiger partial charge on any atom is -0.350 e. The number of aromatic nitrogens is 3. The van der Waals surface area contributed by atoms with E-state index in [-0.39, 0.29) is 5.91 Å². The molecule has 5 nitrogen and oxygen atoms in total. The molecule has 2 aromatic heterocycles. The Morgan fingerprint density at radius 1 is 1.40 bits per heavy atom. The first kappa shape index (κ1) is 17.6. The lowest BCUT2D eigenvalue weighted by Gasteiger charge is -2.16. The Hall–Kier alpha value is -2.25. The van der Waals surface area contributed by atoms with Crippen LogP contribution in [-0.4, -0.2) is 20.7 Å². The molecule has 7 heteroatoms. The smallest absolute Gasteiger partial charge is 0.243 e. The van der Waals surface area contributed by atoms with Crippen molar-refractivity contribution >= 4 is 29.5 Å². The summed E-state index contributed by atoms with van der Waals surface area (Å²) in [6.07, 6.45) is 0. The minimum atomic E-state index is -0.450. The van der Waals surface area contributed by atoms with Gasteiger partial charge in [0.15, 0.2) is 10.6 Å². The van der Waals surface area contributed by atoms with Gasteiger partial charge in [-0.2, -0.15) is 5.10 Å². The molecule has 3 rings (SSSR count). The molecule has 2 heterocycles. The summed E-state index contributed by atoms with van der Waals surface area (Å²) in [5, 5.41) is 12.1. The third-order valence-corrected chi connectivity index (χ3v) is 5.32.